The molecule has 0 bridgehead atoms. The van der Waals surface area contributed by atoms with Gasteiger partial charge < -0.3 is 14.5 Å². The molecular weight excluding hydrogens is 427 g/mol. The van der Waals surface area contributed by atoms with Gasteiger partial charge in [-0.2, -0.15) is 4.37 Å². The Morgan fingerprint density at radius 1 is 1.09 bits per heavy atom. The number of rotatable bonds is 7. The molecule has 2 aromatic carbocycles. The molecule has 4 rings (SSSR count). The third-order valence-electron chi connectivity index (χ3n) is 5.32. The first-order valence-electron chi connectivity index (χ1n) is 10.8. The number of hydrogen-bond donors (Lipinski definition) is 0. The van der Waals surface area contributed by atoms with Gasteiger partial charge in [0.1, 0.15) is 11.6 Å². The fourth-order valence-corrected chi connectivity index (χ4v) is 4.55. The number of carbonyl (C=O) groups is 1. The minimum Gasteiger partial charge on any atom is -0.372 e. The molecule has 2 heterocycles. The molecule has 0 radical (unpaired) electrons. The molecule has 6 nitrogen and oxygen atoms in total. The second kappa shape index (κ2) is 10.2. The summed E-state index contributed by atoms with van der Waals surface area (Å²) in [5, 5.41) is 0.702. The summed E-state index contributed by atoms with van der Waals surface area (Å²) in [4.78, 5) is 21.7. The van der Waals surface area contributed by atoms with E-state index in [0.717, 1.165) is 11.1 Å². The molecule has 32 heavy (non-hydrogen) atoms. The van der Waals surface area contributed by atoms with Crippen molar-refractivity contribution in [2.75, 3.05) is 24.5 Å². The van der Waals surface area contributed by atoms with E-state index in [0.29, 0.717) is 37.0 Å². The highest BCUT2D eigenvalue weighted by atomic mass is 32.1. The quantitative estimate of drug-likeness (QED) is 0.542. The minimum absolute atomic E-state index is 0.0223. The highest BCUT2D eigenvalue weighted by molar-refractivity contribution is 7.09. The number of anilines is 1. The molecule has 2 atom stereocenters. The molecule has 1 saturated heterocycles. The molecule has 1 aromatic heterocycles. The average molecular weight is 455 g/mol. The molecule has 0 saturated carbocycles. The van der Waals surface area contributed by atoms with Crippen molar-refractivity contribution in [3.8, 4) is 0 Å². The zero-order valence-corrected chi connectivity index (χ0v) is 19.1. The van der Waals surface area contributed by atoms with Gasteiger partial charge in [0.15, 0.2) is 0 Å². The van der Waals surface area contributed by atoms with E-state index in [-0.39, 0.29) is 30.5 Å². The Morgan fingerprint density at radius 2 is 1.78 bits per heavy atom. The molecular formula is C24H27FN4O2S. The summed E-state index contributed by atoms with van der Waals surface area (Å²) >= 11 is 1.28. The Bertz CT molecular complexity index is 1020. The number of hydrogen-bond acceptors (Lipinski definition) is 6. The summed E-state index contributed by atoms with van der Waals surface area (Å²) in [6, 6.07) is 16.4. The van der Waals surface area contributed by atoms with Gasteiger partial charge in [-0.25, -0.2) is 9.37 Å². The van der Waals surface area contributed by atoms with Gasteiger partial charge in [0.2, 0.25) is 11.0 Å². The topological polar surface area (TPSA) is 58.6 Å². The summed E-state index contributed by atoms with van der Waals surface area (Å²) in [5.41, 5.74) is 2.04. The predicted octanol–water partition coefficient (Wildman–Crippen LogP) is 3.91. The summed E-state index contributed by atoms with van der Waals surface area (Å²) in [5.74, 6) is 0.453. The summed E-state index contributed by atoms with van der Waals surface area (Å²) in [6.45, 7) is 5.95. The van der Waals surface area contributed by atoms with E-state index in [1.54, 1.807) is 12.1 Å². The van der Waals surface area contributed by atoms with Gasteiger partial charge in [-0.15, -0.1) is 0 Å². The molecule has 0 spiro atoms. The third kappa shape index (κ3) is 5.89. The van der Waals surface area contributed by atoms with Crippen LogP contribution in [0.15, 0.2) is 54.6 Å². The first kappa shape index (κ1) is 22.4. The maximum atomic E-state index is 13.2. The third-order valence-corrected chi connectivity index (χ3v) is 6.13. The van der Waals surface area contributed by atoms with Crippen LogP contribution in [0.5, 0.6) is 0 Å². The Hall–Kier alpha value is -2.84. The van der Waals surface area contributed by atoms with E-state index in [4.69, 9.17) is 9.72 Å². The lowest BCUT2D eigenvalue weighted by molar-refractivity contribution is -0.141. The van der Waals surface area contributed by atoms with E-state index < -0.39 is 0 Å². The van der Waals surface area contributed by atoms with Crippen molar-refractivity contribution in [3.05, 3.63) is 77.4 Å². The number of amides is 1. The number of carbonyl (C=O) groups excluding carboxylic acids is 1. The standard InChI is InChI=1S/C24H27FN4O2S/c1-17-13-28(14-18(2)31-17)23(30)16-29(15-20-6-4-3-5-7-20)24-26-22(27-32-24)12-19-8-10-21(25)11-9-19/h3-11,17-18H,12-16H2,1-2H3. The van der Waals surface area contributed by atoms with Crippen LogP contribution in [-0.2, 0) is 22.5 Å². The largest absolute Gasteiger partial charge is 0.372 e. The molecule has 8 heteroatoms. The van der Waals surface area contributed by atoms with Gasteiger partial charge in [0, 0.05) is 37.6 Å². The van der Waals surface area contributed by atoms with Crippen molar-refractivity contribution in [1.82, 2.24) is 14.3 Å². The molecule has 0 N–H and O–H groups in total. The second-order valence-electron chi connectivity index (χ2n) is 8.19. The summed E-state index contributed by atoms with van der Waals surface area (Å²) < 4.78 is 23.4. The molecule has 168 valence electrons. The van der Waals surface area contributed by atoms with E-state index in [1.165, 1.54) is 23.7 Å². The zero-order valence-electron chi connectivity index (χ0n) is 18.3. The fourth-order valence-electron chi connectivity index (χ4n) is 3.87. The summed E-state index contributed by atoms with van der Waals surface area (Å²) in [6.07, 6.45) is 0.561. The molecule has 1 fully saturated rings. The smallest absolute Gasteiger partial charge is 0.242 e. The second-order valence-corrected chi connectivity index (χ2v) is 8.92. The lowest BCUT2D eigenvalue weighted by Gasteiger charge is -2.36. The van der Waals surface area contributed by atoms with Crippen LogP contribution in [0.2, 0.25) is 0 Å². The van der Waals surface area contributed by atoms with Crippen molar-refractivity contribution >= 4 is 22.6 Å². The number of halogens is 1. The predicted molar refractivity (Wildman–Crippen MR) is 123 cm³/mol. The maximum Gasteiger partial charge on any atom is 0.242 e. The molecule has 3 aromatic rings. The molecule has 0 aliphatic carbocycles. The van der Waals surface area contributed by atoms with Crippen LogP contribution in [0.1, 0.15) is 30.8 Å². The van der Waals surface area contributed by atoms with E-state index in [2.05, 4.69) is 4.37 Å². The minimum atomic E-state index is -0.264. The van der Waals surface area contributed by atoms with Crippen molar-refractivity contribution in [2.45, 2.75) is 39.0 Å². The molecule has 1 amide bonds. The number of morpholine rings is 1. The van der Waals surface area contributed by atoms with Crippen molar-refractivity contribution in [3.63, 3.8) is 0 Å². The number of nitrogens with zero attached hydrogens (tertiary/aromatic N) is 4. The fraction of sp³-hybridized carbons (Fsp3) is 0.375. The first-order chi connectivity index (χ1) is 15.5. The Morgan fingerprint density at radius 3 is 2.47 bits per heavy atom. The lowest BCUT2D eigenvalue weighted by atomic mass is 10.1. The van der Waals surface area contributed by atoms with Crippen molar-refractivity contribution in [2.24, 2.45) is 0 Å². The van der Waals surface area contributed by atoms with Crippen LogP contribution < -0.4 is 4.90 Å². The Balaban J connectivity index is 1.51. The zero-order chi connectivity index (χ0) is 22.5. The molecule has 1 aliphatic heterocycles. The lowest BCUT2D eigenvalue weighted by Crippen LogP contribution is -2.51. The van der Waals surface area contributed by atoms with Crippen LogP contribution in [-0.4, -0.2) is 52.0 Å². The number of aromatic nitrogens is 2. The Kier molecular flexibility index (Phi) is 7.12. The monoisotopic (exact) mass is 454 g/mol. The van der Waals surface area contributed by atoms with Crippen LogP contribution in [0.4, 0.5) is 9.52 Å². The van der Waals surface area contributed by atoms with E-state index in [9.17, 15) is 9.18 Å². The van der Waals surface area contributed by atoms with Crippen LogP contribution in [0, 0.1) is 5.82 Å². The van der Waals surface area contributed by atoms with Crippen molar-refractivity contribution < 1.29 is 13.9 Å². The van der Waals surface area contributed by atoms with Gasteiger partial charge in [-0.3, -0.25) is 4.79 Å². The number of ether oxygens (including phenoxy) is 1. The van der Waals surface area contributed by atoms with Gasteiger partial charge in [0.05, 0.1) is 18.8 Å². The highest BCUT2D eigenvalue weighted by Gasteiger charge is 2.27. The first-order valence-corrected chi connectivity index (χ1v) is 11.5. The molecule has 2 unspecified atom stereocenters. The van der Waals surface area contributed by atoms with E-state index in [1.807, 2.05) is 54.0 Å². The molecule has 1 aliphatic rings. The van der Waals surface area contributed by atoms with Gasteiger partial charge in [-0.1, -0.05) is 42.5 Å². The number of benzene rings is 2. The normalized spacial score (nSPS) is 18.5. The van der Waals surface area contributed by atoms with E-state index >= 15 is 0 Å². The van der Waals surface area contributed by atoms with Crippen LogP contribution >= 0.6 is 11.5 Å². The van der Waals surface area contributed by atoms with Gasteiger partial charge in [-0.05, 0) is 37.1 Å². The van der Waals surface area contributed by atoms with Crippen LogP contribution in [0.3, 0.4) is 0 Å². The average Bonchev–Trinajstić information content (AvgIpc) is 3.23. The van der Waals surface area contributed by atoms with Crippen LogP contribution in [0.25, 0.3) is 0 Å². The Labute approximate surface area is 191 Å². The van der Waals surface area contributed by atoms with Crippen molar-refractivity contribution in [1.29, 1.82) is 0 Å². The van der Waals surface area contributed by atoms with Gasteiger partial charge >= 0.3 is 0 Å². The highest BCUT2D eigenvalue weighted by Crippen LogP contribution is 2.22. The SMILES string of the molecule is CC1CN(C(=O)CN(Cc2ccccc2)c2nc(Cc3ccc(F)cc3)ns2)CC(C)O1. The summed E-state index contributed by atoms with van der Waals surface area (Å²) in [7, 11) is 0. The maximum absolute atomic E-state index is 13.2. The van der Waals surface area contributed by atoms with Gasteiger partial charge in [0.25, 0.3) is 0 Å².